The first-order valence-electron chi connectivity index (χ1n) is 8.12. The summed E-state index contributed by atoms with van der Waals surface area (Å²) in [5, 5.41) is 3.63. The van der Waals surface area contributed by atoms with Gasteiger partial charge in [-0.2, -0.15) is 11.8 Å². The molecule has 0 aromatic heterocycles. The maximum atomic E-state index is 3.63. The van der Waals surface area contributed by atoms with Crippen LogP contribution in [0.2, 0.25) is 0 Å². The SMILES string of the molecule is CSC1(CN2CCC(CNCC(C)C)C2)CCCC1. The van der Waals surface area contributed by atoms with Crippen LogP contribution in [-0.4, -0.2) is 48.6 Å². The maximum absolute atomic E-state index is 3.63. The molecule has 2 fully saturated rings. The third kappa shape index (κ3) is 4.64. The Hall–Kier alpha value is 0.270. The Morgan fingerprint density at radius 2 is 2.05 bits per heavy atom. The molecule has 0 aromatic rings. The minimum absolute atomic E-state index is 0.597. The van der Waals surface area contributed by atoms with E-state index in [0.29, 0.717) is 4.75 Å². The fraction of sp³-hybridized carbons (Fsp3) is 1.00. The van der Waals surface area contributed by atoms with Crippen LogP contribution < -0.4 is 5.32 Å². The molecule has 0 aromatic carbocycles. The Morgan fingerprint density at radius 3 is 2.68 bits per heavy atom. The van der Waals surface area contributed by atoms with E-state index in [9.17, 15) is 0 Å². The Morgan fingerprint density at radius 1 is 1.32 bits per heavy atom. The average molecular weight is 285 g/mol. The fourth-order valence-corrected chi connectivity index (χ4v) is 4.66. The molecule has 2 aliphatic rings. The molecule has 2 nitrogen and oxygen atoms in total. The van der Waals surface area contributed by atoms with E-state index in [1.807, 2.05) is 0 Å². The van der Waals surface area contributed by atoms with E-state index in [0.717, 1.165) is 11.8 Å². The summed E-state index contributed by atoms with van der Waals surface area (Å²) in [5.74, 6) is 1.66. The summed E-state index contributed by atoms with van der Waals surface area (Å²) in [5.41, 5.74) is 0. The van der Waals surface area contributed by atoms with Gasteiger partial charge in [-0.3, -0.25) is 0 Å². The van der Waals surface area contributed by atoms with Crippen LogP contribution in [0.25, 0.3) is 0 Å². The summed E-state index contributed by atoms with van der Waals surface area (Å²) in [6, 6.07) is 0. The van der Waals surface area contributed by atoms with Gasteiger partial charge in [-0.1, -0.05) is 26.7 Å². The van der Waals surface area contributed by atoms with E-state index in [1.165, 1.54) is 64.8 Å². The zero-order chi connectivity index (χ0) is 13.7. The summed E-state index contributed by atoms with van der Waals surface area (Å²) in [4.78, 5) is 2.74. The highest BCUT2D eigenvalue weighted by Gasteiger charge is 2.36. The van der Waals surface area contributed by atoms with Gasteiger partial charge in [0.05, 0.1) is 0 Å². The first kappa shape index (κ1) is 15.7. The predicted octanol–water partition coefficient (Wildman–Crippen LogP) is 3.23. The summed E-state index contributed by atoms with van der Waals surface area (Å²) >= 11 is 2.13. The molecule has 1 heterocycles. The lowest BCUT2D eigenvalue weighted by molar-refractivity contribution is 0.286. The van der Waals surface area contributed by atoms with Gasteiger partial charge in [0.15, 0.2) is 0 Å². The quantitative estimate of drug-likeness (QED) is 0.773. The third-order valence-corrected chi connectivity index (χ3v) is 6.22. The summed E-state index contributed by atoms with van der Waals surface area (Å²) < 4.78 is 0.597. The zero-order valence-electron chi connectivity index (χ0n) is 13.1. The molecule has 1 unspecified atom stereocenters. The van der Waals surface area contributed by atoms with Gasteiger partial charge in [-0.05, 0) is 57.0 Å². The van der Waals surface area contributed by atoms with Crippen LogP contribution in [0.5, 0.6) is 0 Å². The van der Waals surface area contributed by atoms with Crippen LogP contribution in [0, 0.1) is 11.8 Å². The van der Waals surface area contributed by atoms with Gasteiger partial charge in [0.25, 0.3) is 0 Å². The Kier molecular flexibility index (Phi) is 6.04. The minimum Gasteiger partial charge on any atom is -0.316 e. The second-order valence-electron chi connectivity index (χ2n) is 7.04. The highest BCUT2D eigenvalue weighted by molar-refractivity contribution is 8.00. The zero-order valence-corrected chi connectivity index (χ0v) is 13.9. The molecular formula is C16H32N2S. The number of nitrogens with one attached hydrogen (secondary N) is 1. The normalized spacial score (nSPS) is 27.5. The van der Waals surface area contributed by atoms with Gasteiger partial charge in [-0.15, -0.1) is 0 Å². The van der Waals surface area contributed by atoms with Gasteiger partial charge >= 0.3 is 0 Å². The van der Waals surface area contributed by atoms with E-state index in [4.69, 9.17) is 0 Å². The highest BCUT2D eigenvalue weighted by Crippen LogP contribution is 2.41. The average Bonchev–Trinajstić information content (AvgIpc) is 3.00. The molecular weight excluding hydrogens is 252 g/mol. The molecule has 0 radical (unpaired) electrons. The number of thioether (sulfide) groups is 1. The molecule has 1 saturated carbocycles. The molecule has 1 atom stereocenters. The Balaban J connectivity index is 1.69. The van der Waals surface area contributed by atoms with Crippen LogP contribution in [0.3, 0.4) is 0 Å². The molecule has 0 amide bonds. The molecule has 1 N–H and O–H groups in total. The standard InChI is InChI=1S/C16H32N2S/c1-14(2)10-17-11-15-6-9-18(12-15)13-16(19-3)7-4-5-8-16/h14-15,17H,4-13H2,1-3H3. The van der Waals surface area contributed by atoms with Crippen molar-refractivity contribution in [2.24, 2.45) is 11.8 Å². The van der Waals surface area contributed by atoms with Crippen LogP contribution >= 0.6 is 11.8 Å². The van der Waals surface area contributed by atoms with Gasteiger partial charge in [0, 0.05) is 17.8 Å². The van der Waals surface area contributed by atoms with E-state index in [1.54, 1.807) is 0 Å². The maximum Gasteiger partial charge on any atom is 0.0284 e. The molecule has 112 valence electrons. The van der Waals surface area contributed by atoms with Crippen molar-refractivity contribution in [2.75, 3.05) is 39.0 Å². The second-order valence-corrected chi connectivity index (χ2v) is 8.31. The monoisotopic (exact) mass is 284 g/mol. The fourth-order valence-electron chi connectivity index (χ4n) is 3.65. The van der Waals surface area contributed by atoms with E-state index < -0.39 is 0 Å². The summed E-state index contributed by atoms with van der Waals surface area (Å²) in [6.45, 7) is 11.0. The van der Waals surface area contributed by atoms with Crippen molar-refractivity contribution in [2.45, 2.75) is 50.7 Å². The molecule has 0 spiro atoms. The lowest BCUT2D eigenvalue weighted by Gasteiger charge is -2.32. The van der Waals surface area contributed by atoms with Crippen molar-refractivity contribution >= 4 is 11.8 Å². The van der Waals surface area contributed by atoms with Crippen LogP contribution in [0.15, 0.2) is 0 Å². The van der Waals surface area contributed by atoms with Crippen LogP contribution in [0.1, 0.15) is 46.0 Å². The van der Waals surface area contributed by atoms with Crippen molar-refractivity contribution in [3.05, 3.63) is 0 Å². The number of nitrogens with zero attached hydrogens (tertiary/aromatic N) is 1. The van der Waals surface area contributed by atoms with Gasteiger partial charge in [-0.25, -0.2) is 0 Å². The molecule has 0 bridgehead atoms. The predicted molar refractivity (Wildman–Crippen MR) is 87.0 cm³/mol. The molecule has 3 heteroatoms. The largest absolute Gasteiger partial charge is 0.316 e. The van der Waals surface area contributed by atoms with E-state index in [2.05, 4.69) is 42.1 Å². The van der Waals surface area contributed by atoms with Crippen molar-refractivity contribution in [3.8, 4) is 0 Å². The van der Waals surface area contributed by atoms with Gasteiger partial charge in [0.1, 0.15) is 0 Å². The first-order chi connectivity index (χ1) is 9.13. The number of rotatable bonds is 7. The summed E-state index contributed by atoms with van der Waals surface area (Å²) in [7, 11) is 0. The van der Waals surface area contributed by atoms with Gasteiger partial charge < -0.3 is 10.2 Å². The second kappa shape index (κ2) is 7.33. The van der Waals surface area contributed by atoms with E-state index >= 15 is 0 Å². The summed E-state index contributed by atoms with van der Waals surface area (Å²) in [6.07, 6.45) is 9.52. The van der Waals surface area contributed by atoms with Crippen LogP contribution in [0.4, 0.5) is 0 Å². The first-order valence-corrected chi connectivity index (χ1v) is 9.34. The highest BCUT2D eigenvalue weighted by atomic mass is 32.2. The lowest BCUT2D eigenvalue weighted by atomic mass is 10.1. The van der Waals surface area contributed by atoms with E-state index in [-0.39, 0.29) is 0 Å². The number of likely N-dealkylation sites (tertiary alicyclic amines) is 1. The van der Waals surface area contributed by atoms with Crippen LogP contribution in [-0.2, 0) is 0 Å². The number of hydrogen-bond acceptors (Lipinski definition) is 3. The number of hydrogen-bond donors (Lipinski definition) is 1. The molecule has 1 aliphatic carbocycles. The third-order valence-electron chi connectivity index (χ3n) is 4.82. The van der Waals surface area contributed by atoms with Crippen molar-refractivity contribution in [1.82, 2.24) is 10.2 Å². The molecule has 1 saturated heterocycles. The lowest BCUT2D eigenvalue weighted by Crippen LogP contribution is -2.38. The smallest absolute Gasteiger partial charge is 0.0284 e. The topological polar surface area (TPSA) is 15.3 Å². The van der Waals surface area contributed by atoms with Crippen molar-refractivity contribution < 1.29 is 0 Å². The Labute approximate surface area is 124 Å². The minimum atomic E-state index is 0.597. The van der Waals surface area contributed by atoms with Crippen molar-refractivity contribution in [3.63, 3.8) is 0 Å². The molecule has 2 rings (SSSR count). The molecule has 19 heavy (non-hydrogen) atoms. The Bertz CT molecular complexity index is 261. The van der Waals surface area contributed by atoms with Gasteiger partial charge in [0.2, 0.25) is 0 Å². The molecule has 1 aliphatic heterocycles. The van der Waals surface area contributed by atoms with Crippen molar-refractivity contribution in [1.29, 1.82) is 0 Å².